The molecule has 2 aromatic rings. The molecule has 0 aliphatic carbocycles. The number of nitrogens with zero attached hydrogens (tertiary/aromatic N) is 2. The number of rotatable bonds is 4. The number of benzene rings is 1. The molecule has 2 heterocycles. The molecule has 1 atom stereocenters. The maximum Gasteiger partial charge on any atom is 0.200 e. The number of ketones is 1. The lowest BCUT2D eigenvalue weighted by atomic mass is 10.0. The molecule has 1 aromatic heterocycles. The van der Waals surface area contributed by atoms with Crippen molar-refractivity contribution in [2.45, 2.75) is 13.2 Å². The fourth-order valence-corrected chi connectivity index (χ4v) is 2.92. The number of aliphatic hydroxyl groups is 1. The quantitative estimate of drug-likeness (QED) is 0.661. The third-order valence-corrected chi connectivity index (χ3v) is 4.33. The number of morpholine rings is 1. The van der Waals surface area contributed by atoms with Gasteiger partial charge < -0.3 is 19.2 Å². The van der Waals surface area contributed by atoms with Gasteiger partial charge >= 0.3 is 0 Å². The average Bonchev–Trinajstić information content (AvgIpc) is 2.60. The molecule has 1 aliphatic rings. The fourth-order valence-electron chi connectivity index (χ4n) is 2.92. The third kappa shape index (κ3) is 3.44. The zero-order chi connectivity index (χ0) is 18.1. The van der Waals surface area contributed by atoms with Crippen LogP contribution in [0.1, 0.15) is 29.1 Å². The van der Waals surface area contributed by atoms with E-state index < -0.39 is 6.23 Å². The summed E-state index contributed by atoms with van der Waals surface area (Å²) in [7, 11) is 3.43. The number of carbonyl (C=O) groups is 1. The van der Waals surface area contributed by atoms with E-state index >= 15 is 0 Å². The standard InChI is InChI=1S/C18H22N2O5/c1-11(21)13-8-12(18(23)19(2)3)9-14-15(22)10-16(25-17(13)14)20-4-6-24-7-5-20/h8-10,18,23H,4-7H2,1-3H3. The smallest absolute Gasteiger partial charge is 0.200 e. The Bertz CT molecular complexity index is 852. The lowest BCUT2D eigenvalue weighted by Gasteiger charge is -2.27. The van der Waals surface area contributed by atoms with E-state index in [0.717, 1.165) is 0 Å². The third-order valence-electron chi connectivity index (χ3n) is 4.33. The normalized spacial score (nSPS) is 16.4. The highest BCUT2D eigenvalue weighted by Gasteiger charge is 2.21. The number of hydrogen-bond acceptors (Lipinski definition) is 7. The Hall–Kier alpha value is -2.22. The maximum atomic E-state index is 12.6. The molecule has 1 aromatic carbocycles. The number of ether oxygens (including phenoxy) is 1. The molecule has 25 heavy (non-hydrogen) atoms. The molecule has 1 N–H and O–H groups in total. The molecule has 134 valence electrons. The van der Waals surface area contributed by atoms with Gasteiger partial charge in [-0.15, -0.1) is 0 Å². The van der Waals surface area contributed by atoms with E-state index in [4.69, 9.17) is 9.15 Å². The molecule has 1 unspecified atom stereocenters. The average molecular weight is 346 g/mol. The molecule has 0 spiro atoms. The van der Waals surface area contributed by atoms with Gasteiger partial charge in [0.1, 0.15) is 6.23 Å². The van der Waals surface area contributed by atoms with E-state index in [1.54, 1.807) is 31.1 Å². The molecule has 3 rings (SSSR count). The first-order chi connectivity index (χ1) is 11.9. The Morgan fingerprint density at radius 3 is 2.52 bits per heavy atom. The van der Waals surface area contributed by atoms with Gasteiger partial charge in [-0.1, -0.05) is 0 Å². The first-order valence-electron chi connectivity index (χ1n) is 8.18. The molecule has 1 aliphatic heterocycles. The van der Waals surface area contributed by atoms with Crippen LogP contribution >= 0.6 is 0 Å². The second-order valence-corrected chi connectivity index (χ2v) is 6.39. The van der Waals surface area contributed by atoms with Gasteiger partial charge in [0.05, 0.1) is 24.2 Å². The van der Waals surface area contributed by atoms with Crippen molar-refractivity contribution in [3.05, 3.63) is 39.5 Å². The van der Waals surface area contributed by atoms with Crippen molar-refractivity contribution < 1.29 is 19.1 Å². The van der Waals surface area contributed by atoms with Crippen molar-refractivity contribution in [2.24, 2.45) is 0 Å². The summed E-state index contributed by atoms with van der Waals surface area (Å²) >= 11 is 0. The zero-order valence-corrected chi connectivity index (χ0v) is 14.6. The summed E-state index contributed by atoms with van der Waals surface area (Å²) < 4.78 is 11.2. The van der Waals surface area contributed by atoms with E-state index in [9.17, 15) is 14.7 Å². The Balaban J connectivity index is 2.19. The molecule has 7 heteroatoms. The van der Waals surface area contributed by atoms with Crippen LogP contribution in [0, 0.1) is 0 Å². The molecule has 7 nitrogen and oxygen atoms in total. The van der Waals surface area contributed by atoms with Crippen LogP contribution in [0.4, 0.5) is 5.88 Å². The van der Waals surface area contributed by atoms with E-state index in [1.165, 1.54) is 13.0 Å². The molecule has 0 radical (unpaired) electrons. The molecule has 1 saturated heterocycles. The van der Waals surface area contributed by atoms with E-state index in [0.29, 0.717) is 48.7 Å². The van der Waals surface area contributed by atoms with E-state index in [-0.39, 0.29) is 16.8 Å². The van der Waals surface area contributed by atoms with Crippen molar-refractivity contribution in [1.29, 1.82) is 0 Å². The largest absolute Gasteiger partial charge is 0.440 e. The molecular formula is C18H22N2O5. The van der Waals surface area contributed by atoms with Gasteiger partial charge in [0.15, 0.2) is 22.7 Å². The van der Waals surface area contributed by atoms with Gasteiger partial charge in [0.2, 0.25) is 0 Å². The van der Waals surface area contributed by atoms with Crippen LogP contribution in [0.15, 0.2) is 27.4 Å². The summed E-state index contributed by atoms with van der Waals surface area (Å²) in [5, 5.41) is 10.6. The number of Topliss-reactive ketones (excluding diaryl/α,β-unsaturated/α-hetero) is 1. The Labute approximate surface area is 145 Å². The summed E-state index contributed by atoms with van der Waals surface area (Å²) in [5.74, 6) is 0.212. The van der Waals surface area contributed by atoms with Crippen molar-refractivity contribution in [1.82, 2.24) is 4.90 Å². The van der Waals surface area contributed by atoms with Crippen molar-refractivity contribution in [2.75, 3.05) is 45.3 Å². The SMILES string of the molecule is CC(=O)c1cc(C(O)N(C)C)cc2c(=O)cc(N3CCOCC3)oc12. The lowest BCUT2D eigenvalue weighted by Crippen LogP contribution is -2.36. The maximum absolute atomic E-state index is 12.6. The summed E-state index contributed by atoms with van der Waals surface area (Å²) in [6.45, 7) is 3.80. The first kappa shape index (κ1) is 17.6. The molecule has 0 amide bonds. The number of carbonyl (C=O) groups excluding carboxylic acids is 1. The molecular weight excluding hydrogens is 324 g/mol. The molecule has 0 bridgehead atoms. The number of aliphatic hydroxyl groups excluding tert-OH is 1. The van der Waals surface area contributed by atoms with Gasteiger partial charge in [-0.25, -0.2) is 0 Å². The molecule has 0 saturated carbocycles. The van der Waals surface area contributed by atoms with E-state index in [1.807, 2.05) is 4.90 Å². The van der Waals surface area contributed by atoms with Crippen LogP contribution in [0.5, 0.6) is 0 Å². The highest BCUT2D eigenvalue weighted by molar-refractivity contribution is 6.05. The van der Waals surface area contributed by atoms with Gasteiger partial charge in [-0.2, -0.15) is 0 Å². The monoisotopic (exact) mass is 346 g/mol. The van der Waals surface area contributed by atoms with Crippen molar-refractivity contribution >= 4 is 22.6 Å². The van der Waals surface area contributed by atoms with Gasteiger partial charge in [0.25, 0.3) is 0 Å². The summed E-state index contributed by atoms with van der Waals surface area (Å²) in [5.41, 5.74) is 0.795. The summed E-state index contributed by atoms with van der Waals surface area (Å²) in [4.78, 5) is 28.3. The Morgan fingerprint density at radius 1 is 1.24 bits per heavy atom. The number of hydrogen-bond donors (Lipinski definition) is 1. The number of anilines is 1. The van der Waals surface area contributed by atoms with E-state index in [2.05, 4.69) is 0 Å². The highest BCUT2D eigenvalue weighted by atomic mass is 16.5. The second-order valence-electron chi connectivity index (χ2n) is 6.39. The van der Waals surface area contributed by atoms with Crippen LogP contribution in [0.2, 0.25) is 0 Å². The Kier molecular flexibility index (Phi) is 4.89. The van der Waals surface area contributed by atoms with Crippen LogP contribution in [0.3, 0.4) is 0 Å². The summed E-state index contributed by atoms with van der Waals surface area (Å²) in [6, 6.07) is 4.60. The Morgan fingerprint density at radius 2 is 1.92 bits per heavy atom. The van der Waals surface area contributed by atoms with Crippen molar-refractivity contribution in [3.8, 4) is 0 Å². The van der Waals surface area contributed by atoms with Crippen LogP contribution in [-0.2, 0) is 4.74 Å². The zero-order valence-electron chi connectivity index (χ0n) is 14.6. The van der Waals surface area contributed by atoms with Gasteiger partial charge in [-0.05, 0) is 38.7 Å². The molecule has 1 fully saturated rings. The topological polar surface area (TPSA) is 83.2 Å². The van der Waals surface area contributed by atoms with Gasteiger partial charge in [-0.3, -0.25) is 14.5 Å². The predicted molar refractivity (Wildman–Crippen MR) is 94.2 cm³/mol. The first-order valence-corrected chi connectivity index (χ1v) is 8.18. The second kappa shape index (κ2) is 6.95. The lowest BCUT2D eigenvalue weighted by molar-refractivity contribution is 0.0396. The van der Waals surface area contributed by atoms with Crippen LogP contribution in [0.25, 0.3) is 11.0 Å². The van der Waals surface area contributed by atoms with Crippen LogP contribution < -0.4 is 10.3 Å². The van der Waals surface area contributed by atoms with Crippen molar-refractivity contribution in [3.63, 3.8) is 0 Å². The highest BCUT2D eigenvalue weighted by Crippen LogP contribution is 2.27. The minimum absolute atomic E-state index is 0.222. The minimum atomic E-state index is -0.916. The number of fused-ring (bicyclic) bond motifs is 1. The minimum Gasteiger partial charge on any atom is -0.440 e. The van der Waals surface area contributed by atoms with Crippen LogP contribution in [-0.4, -0.2) is 56.2 Å². The summed E-state index contributed by atoms with van der Waals surface area (Å²) in [6.07, 6.45) is -0.916. The van der Waals surface area contributed by atoms with Gasteiger partial charge in [0, 0.05) is 19.2 Å². The predicted octanol–water partition coefficient (Wildman–Crippen LogP) is 1.38. The fraction of sp³-hybridized carbons (Fsp3) is 0.444.